The van der Waals surface area contributed by atoms with Crippen LogP contribution in [0.3, 0.4) is 0 Å². The second-order valence-electron chi connectivity index (χ2n) is 5.12. The standard InChI is InChI=1S/C15H16N4O2S/c1-10-12(13(16)20)22-14(17-10)19-8-7-18(15(19)21)9-11-5-3-2-4-6-11/h2-6H,7-9H2,1H3,(H2,16,20). The number of amides is 3. The number of urea groups is 1. The predicted octanol–water partition coefficient (Wildman–Crippen LogP) is 1.99. The molecule has 2 aromatic rings. The van der Waals surface area contributed by atoms with Crippen LogP contribution in [0.5, 0.6) is 0 Å². The minimum Gasteiger partial charge on any atom is -0.365 e. The second-order valence-corrected chi connectivity index (χ2v) is 6.09. The van der Waals surface area contributed by atoms with E-state index in [9.17, 15) is 9.59 Å². The second kappa shape index (κ2) is 5.76. The summed E-state index contributed by atoms with van der Waals surface area (Å²) in [5, 5.41) is 0.534. The molecule has 0 aliphatic carbocycles. The Morgan fingerprint density at radius 1 is 1.32 bits per heavy atom. The van der Waals surface area contributed by atoms with E-state index in [1.807, 2.05) is 30.3 Å². The summed E-state index contributed by atoms with van der Waals surface area (Å²) in [6.07, 6.45) is 0. The average Bonchev–Trinajstić information content (AvgIpc) is 3.04. The molecular formula is C15H16N4O2S. The van der Waals surface area contributed by atoms with Crippen molar-refractivity contribution in [1.82, 2.24) is 9.88 Å². The maximum Gasteiger partial charge on any atom is 0.326 e. The number of nitrogens with zero attached hydrogens (tertiary/aromatic N) is 3. The Bertz CT molecular complexity index is 714. The van der Waals surface area contributed by atoms with Crippen LogP contribution in [0.1, 0.15) is 20.9 Å². The number of carbonyl (C=O) groups is 2. The van der Waals surface area contributed by atoms with Crippen molar-refractivity contribution in [3.63, 3.8) is 0 Å². The molecule has 3 amide bonds. The van der Waals surface area contributed by atoms with Gasteiger partial charge in [-0.1, -0.05) is 41.7 Å². The number of rotatable bonds is 4. The van der Waals surface area contributed by atoms with Crippen LogP contribution in [0, 0.1) is 6.92 Å². The van der Waals surface area contributed by atoms with E-state index in [0.29, 0.717) is 35.3 Å². The van der Waals surface area contributed by atoms with Gasteiger partial charge in [0, 0.05) is 19.6 Å². The average molecular weight is 316 g/mol. The third-order valence-electron chi connectivity index (χ3n) is 3.55. The van der Waals surface area contributed by atoms with Crippen molar-refractivity contribution in [2.24, 2.45) is 5.73 Å². The molecule has 1 aliphatic heterocycles. The van der Waals surface area contributed by atoms with Gasteiger partial charge in [0.1, 0.15) is 4.88 Å². The molecule has 0 atom stereocenters. The molecule has 0 radical (unpaired) electrons. The molecule has 114 valence electrons. The summed E-state index contributed by atoms with van der Waals surface area (Å²) >= 11 is 1.17. The first-order chi connectivity index (χ1) is 10.6. The molecule has 0 bridgehead atoms. The normalized spacial score (nSPS) is 14.7. The fourth-order valence-electron chi connectivity index (χ4n) is 2.44. The molecule has 1 fully saturated rings. The van der Waals surface area contributed by atoms with Gasteiger partial charge in [-0.25, -0.2) is 9.78 Å². The van der Waals surface area contributed by atoms with E-state index in [1.54, 1.807) is 16.7 Å². The van der Waals surface area contributed by atoms with Crippen LogP contribution in [0.25, 0.3) is 0 Å². The number of nitrogens with two attached hydrogens (primary N) is 1. The molecule has 0 unspecified atom stereocenters. The Labute approximate surface area is 132 Å². The fraction of sp³-hybridized carbons (Fsp3) is 0.267. The van der Waals surface area contributed by atoms with Crippen LogP contribution in [-0.4, -0.2) is 34.9 Å². The highest BCUT2D eigenvalue weighted by atomic mass is 32.1. The molecule has 1 aliphatic rings. The Balaban J connectivity index is 1.76. The molecule has 6 nitrogen and oxygen atoms in total. The highest BCUT2D eigenvalue weighted by molar-refractivity contribution is 7.17. The smallest absolute Gasteiger partial charge is 0.326 e. The molecule has 0 spiro atoms. The maximum atomic E-state index is 12.5. The Hall–Kier alpha value is -2.41. The number of hydrogen-bond donors (Lipinski definition) is 1. The highest BCUT2D eigenvalue weighted by Gasteiger charge is 2.32. The predicted molar refractivity (Wildman–Crippen MR) is 85.0 cm³/mol. The van der Waals surface area contributed by atoms with Crippen LogP contribution in [0.2, 0.25) is 0 Å². The van der Waals surface area contributed by atoms with E-state index < -0.39 is 5.91 Å². The quantitative estimate of drug-likeness (QED) is 0.937. The van der Waals surface area contributed by atoms with Gasteiger partial charge >= 0.3 is 6.03 Å². The minimum absolute atomic E-state index is 0.0892. The molecule has 1 aromatic carbocycles. The number of aromatic nitrogens is 1. The summed E-state index contributed by atoms with van der Waals surface area (Å²) in [6, 6.07) is 9.76. The van der Waals surface area contributed by atoms with E-state index in [2.05, 4.69) is 4.98 Å². The Kier molecular flexibility index (Phi) is 3.81. The maximum absolute atomic E-state index is 12.5. The van der Waals surface area contributed by atoms with Crippen LogP contribution in [0.4, 0.5) is 9.93 Å². The molecule has 0 saturated carbocycles. The summed E-state index contributed by atoms with van der Waals surface area (Å²) in [5.41, 5.74) is 6.97. The summed E-state index contributed by atoms with van der Waals surface area (Å²) in [4.78, 5) is 31.9. The minimum atomic E-state index is -0.506. The first kappa shape index (κ1) is 14.5. The van der Waals surface area contributed by atoms with E-state index >= 15 is 0 Å². The van der Waals surface area contributed by atoms with Crippen molar-refractivity contribution in [3.05, 3.63) is 46.5 Å². The van der Waals surface area contributed by atoms with Gasteiger partial charge in [0.2, 0.25) is 0 Å². The Morgan fingerprint density at radius 3 is 2.68 bits per heavy atom. The first-order valence-electron chi connectivity index (χ1n) is 6.94. The van der Waals surface area contributed by atoms with E-state index in [0.717, 1.165) is 5.56 Å². The number of hydrogen-bond acceptors (Lipinski definition) is 4. The third-order valence-corrected chi connectivity index (χ3v) is 4.75. The lowest BCUT2D eigenvalue weighted by atomic mass is 10.2. The molecule has 22 heavy (non-hydrogen) atoms. The summed E-state index contributed by atoms with van der Waals surface area (Å²) in [5.74, 6) is -0.506. The van der Waals surface area contributed by atoms with Crippen LogP contribution < -0.4 is 10.6 Å². The number of aryl methyl sites for hydroxylation is 1. The lowest BCUT2D eigenvalue weighted by Gasteiger charge is -2.16. The van der Waals surface area contributed by atoms with Crippen LogP contribution >= 0.6 is 11.3 Å². The molecule has 1 aromatic heterocycles. The topological polar surface area (TPSA) is 79.5 Å². The molecule has 2 N–H and O–H groups in total. The van der Waals surface area contributed by atoms with Crippen molar-refractivity contribution in [1.29, 1.82) is 0 Å². The molecule has 1 saturated heterocycles. The van der Waals surface area contributed by atoms with Crippen molar-refractivity contribution in [2.75, 3.05) is 18.0 Å². The monoisotopic (exact) mass is 316 g/mol. The van der Waals surface area contributed by atoms with Gasteiger partial charge in [-0.3, -0.25) is 9.69 Å². The van der Waals surface area contributed by atoms with E-state index in [1.165, 1.54) is 11.3 Å². The lowest BCUT2D eigenvalue weighted by molar-refractivity contribution is 0.100. The zero-order chi connectivity index (χ0) is 15.7. The van der Waals surface area contributed by atoms with Gasteiger partial charge in [0.15, 0.2) is 5.13 Å². The van der Waals surface area contributed by atoms with Gasteiger partial charge < -0.3 is 10.6 Å². The highest BCUT2D eigenvalue weighted by Crippen LogP contribution is 2.28. The third kappa shape index (κ3) is 2.67. The summed E-state index contributed by atoms with van der Waals surface area (Å²) in [7, 11) is 0. The zero-order valence-electron chi connectivity index (χ0n) is 12.2. The SMILES string of the molecule is Cc1nc(N2CCN(Cc3ccccc3)C2=O)sc1C(N)=O. The lowest BCUT2D eigenvalue weighted by Crippen LogP contribution is -2.31. The Morgan fingerprint density at radius 2 is 2.05 bits per heavy atom. The summed E-state index contributed by atoms with van der Waals surface area (Å²) < 4.78 is 0. The van der Waals surface area contributed by atoms with Gasteiger partial charge in [-0.15, -0.1) is 0 Å². The first-order valence-corrected chi connectivity index (χ1v) is 7.75. The number of benzene rings is 1. The van der Waals surface area contributed by atoms with Crippen molar-refractivity contribution >= 4 is 28.4 Å². The summed E-state index contributed by atoms with van der Waals surface area (Å²) in [6.45, 7) is 3.50. The molecule has 2 heterocycles. The van der Waals surface area contributed by atoms with E-state index in [-0.39, 0.29) is 6.03 Å². The van der Waals surface area contributed by atoms with Crippen molar-refractivity contribution in [3.8, 4) is 0 Å². The van der Waals surface area contributed by atoms with Gasteiger partial charge in [-0.2, -0.15) is 0 Å². The van der Waals surface area contributed by atoms with Crippen molar-refractivity contribution in [2.45, 2.75) is 13.5 Å². The molecule has 3 rings (SSSR count). The number of anilines is 1. The largest absolute Gasteiger partial charge is 0.365 e. The van der Waals surface area contributed by atoms with Gasteiger partial charge in [0.25, 0.3) is 5.91 Å². The molecule has 7 heteroatoms. The number of thiazole rings is 1. The zero-order valence-corrected chi connectivity index (χ0v) is 13.0. The van der Waals surface area contributed by atoms with Crippen molar-refractivity contribution < 1.29 is 9.59 Å². The van der Waals surface area contributed by atoms with Gasteiger partial charge in [-0.05, 0) is 12.5 Å². The number of primary amides is 1. The van der Waals surface area contributed by atoms with Gasteiger partial charge in [0.05, 0.1) is 5.69 Å². The van der Waals surface area contributed by atoms with E-state index in [4.69, 9.17) is 5.73 Å². The number of carbonyl (C=O) groups excluding carboxylic acids is 2. The fourth-order valence-corrected chi connectivity index (χ4v) is 3.38. The van der Waals surface area contributed by atoms with Crippen LogP contribution in [-0.2, 0) is 6.54 Å². The molecular weight excluding hydrogens is 300 g/mol. The van der Waals surface area contributed by atoms with Crippen LogP contribution in [0.15, 0.2) is 30.3 Å².